The van der Waals surface area contributed by atoms with Crippen LogP contribution in [0.1, 0.15) is 0 Å². The van der Waals surface area contributed by atoms with Gasteiger partial charge in [-0.1, -0.05) is 0 Å². The quantitative estimate of drug-likeness (QED) is 0.568. The normalized spacial score (nSPS) is 11.3. The van der Waals surface area contributed by atoms with Crippen LogP contribution in [0, 0.1) is 0 Å². The summed E-state index contributed by atoms with van der Waals surface area (Å²) >= 11 is 1.39. The van der Waals surface area contributed by atoms with E-state index in [1.165, 1.54) is 45.7 Å². The van der Waals surface area contributed by atoms with Crippen molar-refractivity contribution in [1.29, 1.82) is 0 Å². The summed E-state index contributed by atoms with van der Waals surface area (Å²) in [6, 6.07) is 2.92. The highest BCUT2D eigenvalue weighted by molar-refractivity contribution is 14.2. The third-order valence-corrected chi connectivity index (χ3v) is 3.29. The van der Waals surface area contributed by atoms with Crippen LogP contribution in [0.2, 0.25) is 0 Å². The topological polar surface area (TPSA) is 47.0 Å². The number of halogens is 1. The van der Waals surface area contributed by atoms with Gasteiger partial charge in [0.25, 0.3) is 0 Å². The maximum absolute atomic E-state index is 10.8. The summed E-state index contributed by atoms with van der Waals surface area (Å²) in [5, 5.41) is 0. The second kappa shape index (κ2) is 2.83. The zero-order valence-electron chi connectivity index (χ0n) is 4.86. The van der Waals surface area contributed by atoms with Crippen molar-refractivity contribution in [2.45, 2.75) is 4.90 Å². The monoisotopic (exact) mass is 269 g/mol. The molecule has 0 saturated heterocycles. The Bertz CT molecular complexity index is 308. The molecule has 0 atom stereocenters. The highest BCUT2D eigenvalue weighted by Crippen LogP contribution is 2.14. The predicted molar refractivity (Wildman–Crippen MR) is 45.4 cm³/mol. The van der Waals surface area contributed by atoms with Crippen LogP contribution in [0.5, 0.6) is 0 Å². The third-order valence-electron chi connectivity index (χ3n) is 0.931. The fraction of sp³-hybridized carbons (Fsp3) is 0. The molecular formula is C5H4INO2S. The Labute approximate surface area is 71.0 Å². The molecule has 0 radical (unpaired) electrons. The van der Waals surface area contributed by atoms with Crippen LogP contribution >= 0.6 is 21.2 Å². The largest absolute Gasteiger partial charge is 0.265 e. The molecule has 0 aliphatic carbocycles. The Morgan fingerprint density at radius 3 is 2.10 bits per heavy atom. The first-order valence-corrected chi connectivity index (χ1v) is 6.48. The Balaban J connectivity index is 3.22. The average molecular weight is 269 g/mol. The first kappa shape index (κ1) is 7.93. The third kappa shape index (κ3) is 1.91. The molecule has 0 N–H and O–H groups in total. The van der Waals surface area contributed by atoms with E-state index in [0.29, 0.717) is 4.90 Å². The first-order valence-electron chi connectivity index (χ1n) is 2.45. The van der Waals surface area contributed by atoms with Crippen LogP contribution in [0.3, 0.4) is 0 Å². The van der Waals surface area contributed by atoms with E-state index in [-0.39, 0.29) is 0 Å². The molecule has 0 aromatic carbocycles. The predicted octanol–water partition coefficient (Wildman–Crippen LogP) is 1.21. The maximum Gasteiger partial charge on any atom is 0.231 e. The molecule has 1 aromatic heterocycles. The molecule has 0 amide bonds. The van der Waals surface area contributed by atoms with Crippen molar-refractivity contribution in [2.24, 2.45) is 0 Å². The van der Waals surface area contributed by atoms with E-state index in [0.717, 1.165) is 0 Å². The molecule has 5 heteroatoms. The van der Waals surface area contributed by atoms with Crippen molar-refractivity contribution in [3.63, 3.8) is 0 Å². The molecule has 1 heterocycles. The summed E-state index contributed by atoms with van der Waals surface area (Å²) < 4.78 is 21.6. The minimum absolute atomic E-state index is 0.295. The molecule has 0 spiro atoms. The van der Waals surface area contributed by atoms with Gasteiger partial charge in [0, 0.05) is 12.4 Å². The Morgan fingerprint density at radius 1 is 1.30 bits per heavy atom. The van der Waals surface area contributed by atoms with Gasteiger partial charge in [0.1, 0.15) is 0 Å². The molecular weight excluding hydrogens is 265 g/mol. The van der Waals surface area contributed by atoms with Crippen molar-refractivity contribution in [3.8, 4) is 0 Å². The van der Waals surface area contributed by atoms with Gasteiger partial charge in [0.05, 0.1) is 26.1 Å². The van der Waals surface area contributed by atoms with E-state index in [9.17, 15) is 8.42 Å². The molecule has 0 aliphatic rings. The standard InChI is InChI=1S/C5H4INO2S/c6-10(8,9)5-1-3-7-4-2-5/h1-4H. The Morgan fingerprint density at radius 2 is 1.80 bits per heavy atom. The van der Waals surface area contributed by atoms with Crippen molar-refractivity contribution in [1.82, 2.24) is 4.98 Å². The average Bonchev–Trinajstić information content (AvgIpc) is 1.88. The van der Waals surface area contributed by atoms with Gasteiger partial charge in [-0.3, -0.25) is 4.98 Å². The lowest BCUT2D eigenvalue weighted by Gasteiger charge is -1.91. The highest BCUT2D eigenvalue weighted by atomic mass is 127. The van der Waals surface area contributed by atoms with Crippen molar-refractivity contribution >= 4 is 28.2 Å². The highest BCUT2D eigenvalue weighted by Gasteiger charge is 2.06. The summed E-state index contributed by atoms with van der Waals surface area (Å²) in [6.07, 6.45) is 2.90. The zero-order valence-corrected chi connectivity index (χ0v) is 7.83. The van der Waals surface area contributed by atoms with Gasteiger partial charge in [0.2, 0.25) is 7.01 Å². The lowest BCUT2D eigenvalue weighted by atomic mass is 10.5. The van der Waals surface area contributed by atoms with Crippen molar-refractivity contribution in [2.75, 3.05) is 0 Å². The van der Waals surface area contributed by atoms with Crippen molar-refractivity contribution in [3.05, 3.63) is 24.5 Å². The first-order chi connectivity index (χ1) is 4.61. The molecule has 1 rings (SSSR count). The summed E-state index contributed by atoms with van der Waals surface area (Å²) in [7, 11) is -3.07. The molecule has 10 heavy (non-hydrogen) atoms. The molecule has 0 saturated carbocycles. The van der Waals surface area contributed by atoms with Gasteiger partial charge in [0.15, 0.2) is 0 Å². The lowest BCUT2D eigenvalue weighted by molar-refractivity contribution is 0.612. The summed E-state index contributed by atoms with van der Waals surface area (Å²) in [5.41, 5.74) is 0. The molecule has 3 nitrogen and oxygen atoms in total. The van der Waals surface area contributed by atoms with Gasteiger partial charge in [-0.2, -0.15) is 0 Å². The fourth-order valence-corrected chi connectivity index (χ4v) is 1.83. The SMILES string of the molecule is O=S(=O)(I)c1ccncc1. The van der Waals surface area contributed by atoms with Gasteiger partial charge in [-0.15, -0.1) is 0 Å². The van der Waals surface area contributed by atoms with E-state index in [1.807, 2.05) is 0 Å². The van der Waals surface area contributed by atoms with Crippen LogP contribution < -0.4 is 0 Å². The molecule has 0 aliphatic heterocycles. The minimum atomic E-state index is -3.07. The molecule has 54 valence electrons. The Kier molecular flexibility index (Phi) is 2.24. The van der Waals surface area contributed by atoms with E-state index in [2.05, 4.69) is 4.98 Å². The van der Waals surface area contributed by atoms with E-state index < -0.39 is 7.01 Å². The molecule has 0 fully saturated rings. The van der Waals surface area contributed by atoms with E-state index in [4.69, 9.17) is 0 Å². The number of nitrogens with zero attached hydrogens (tertiary/aromatic N) is 1. The van der Waals surface area contributed by atoms with Crippen molar-refractivity contribution < 1.29 is 8.42 Å². The number of hydrogen-bond donors (Lipinski definition) is 0. The van der Waals surface area contributed by atoms with Gasteiger partial charge in [-0.25, -0.2) is 8.42 Å². The Hall–Kier alpha value is -0.170. The summed E-state index contributed by atoms with van der Waals surface area (Å²) in [4.78, 5) is 3.99. The van der Waals surface area contributed by atoms with Gasteiger partial charge >= 0.3 is 0 Å². The zero-order chi connectivity index (χ0) is 7.61. The molecule has 0 unspecified atom stereocenters. The molecule has 1 aromatic rings. The van der Waals surface area contributed by atoms with E-state index in [1.54, 1.807) is 0 Å². The maximum atomic E-state index is 10.8. The van der Waals surface area contributed by atoms with Gasteiger partial charge in [-0.05, 0) is 12.1 Å². The lowest BCUT2D eigenvalue weighted by Crippen LogP contribution is -1.88. The second-order valence-electron chi connectivity index (χ2n) is 1.62. The smallest absolute Gasteiger partial charge is 0.231 e. The molecule has 0 bridgehead atoms. The van der Waals surface area contributed by atoms with Crippen LogP contribution in [-0.4, -0.2) is 13.4 Å². The summed E-state index contributed by atoms with van der Waals surface area (Å²) in [5.74, 6) is 0. The van der Waals surface area contributed by atoms with E-state index >= 15 is 0 Å². The van der Waals surface area contributed by atoms with Crippen LogP contribution in [0.15, 0.2) is 29.4 Å². The van der Waals surface area contributed by atoms with Crippen LogP contribution in [0.4, 0.5) is 0 Å². The number of rotatable bonds is 1. The number of aromatic nitrogens is 1. The second-order valence-corrected chi connectivity index (χ2v) is 6.45. The van der Waals surface area contributed by atoms with Crippen LogP contribution in [0.25, 0.3) is 0 Å². The van der Waals surface area contributed by atoms with Gasteiger partial charge < -0.3 is 0 Å². The fourth-order valence-electron chi connectivity index (χ4n) is 0.501. The van der Waals surface area contributed by atoms with Crippen LogP contribution in [-0.2, 0) is 7.01 Å². The number of hydrogen-bond acceptors (Lipinski definition) is 3. The number of pyridine rings is 1. The summed E-state index contributed by atoms with van der Waals surface area (Å²) in [6.45, 7) is 0. The minimum Gasteiger partial charge on any atom is -0.265 e.